The molecule has 180 valence electrons. The fraction of sp³-hybridized carbons (Fsp3) is 0.222. The summed E-state index contributed by atoms with van der Waals surface area (Å²) in [6, 6.07) is 7.50. The maximum Gasteiger partial charge on any atom is 0.250 e. The van der Waals surface area contributed by atoms with Crippen LogP contribution in [0, 0.1) is 0 Å². The Hall–Kier alpha value is -3.24. The lowest BCUT2D eigenvalue weighted by molar-refractivity contribution is -0.125. The van der Waals surface area contributed by atoms with E-state index in [-0.39, 0.29) is 32.7 Å². The minimum Gasteiger partial charge on any atom is -0.495 e. The Morgan fingerprint density at radius 2 is 1.12 bits per heavy atom. The maximum absolute atomic E-state index is 12.0. The van der Waals surface area contributed by atoms with E-state index in [4.69, 9.17) is 24.5 Å². The number of ether oxygens (including phenoxy) is 3. The number of hydrogen-bond acceptors (Lipinski definition) is 9. The van der Waals surface area contributed by atoms with E-state index in [1.807, 2.05) is 0 Å². The van der Waals surface area contributed by atoms with Crippen LogP contribution in [0.5, 0.6) is 11.5 Å². The standard InChI is InChI=1S/C18H22N4O9S2/c1-29-13-7-11(3-5-15(13)32(19,25)26)21-17(23)9-31-10-18(24)22-12-4-6-16(33(20,27)28)14(8-12)30-2/h3-8H,9-10H2,1-2H3,(H,21,23)(H,22,24)(H2,19,25,26)(H2,20,27,28). The number of rotatable bonds is 10. The average molecular weight is 503 g/mol. The van der Waals surface area contributed by atoms with Gasteiger partial charge in [-0.15, -0.1) is 0 Å². The molecule has 15 heteroatoms. The first kappa shape index (κ1) is 26.0. The fourth-order valence-electron chi connectivity index (χ4n) is 2.59. The van der Waals surface area contributed by atoms with Crippen LogP contribution in [0.15, 0.2) is 46.2 Å². The fourth-order valence-corrected chi connectivity index (χ4v) is 3.95. The molecule has 6 N–H and O–H groups in total. The zero-order valence-electron chi connectivity index (χ0n) is 17.5. The van der Waals surface area contributed by atoms with Gasteiger partial charge in [-0.1, -0.05) is 0 Å². The summed E-state index contributed by atoms with van der Waals surface area (Å²) in [7, 11) is -5.52. The second kappa shape index (κ2) is 10.6. The van der Waals surface area contributed by atoms with Crippen LogP contribution in [0.2, 0.25) is 0 Å². The Morgan fingerprint density at radius 1 is 0.758 bits per heavy atom. The van der Waals surface area contributed by atoms with Crippen LogP contribution in [0.25, 0.3) is 0 Å². The van der Waals surface area contributed by atoms with Crippen molar-refractivity contribution in [1.29, 1.82) is 0 Å². The molecule has 13 nitrogen and oxygen atoms in total. The second-order valence-electron chi connectivity index (χ2n) is 6.41. The monoisotopic (exact) mass is 502 g/mol. The molecule has 2 rings (SSSR count). The first-order valence-corrected chi connectivity index (χ1v) is 12.0. The first-order chi connectivity index (χ1) is 15.3. The summed E-state index contributed by atoms with van der Waals surface area (Å²) in [4.78, 5) is 23.5. The number of sulfonamides is 2. The van der Waals surface area contributed by atoms with Crippen molar-refractivity contribution in [2.45, 2.75) is 9.79 Å². The Bertz CT molecular complexity index is 1160. The van der Waals surface area contributed by atoms with Crippen molar-refractivity contribution < 1.29 is 40.6 Å². The van der Waals surface area contributed by atoms with Crippen molar-refractivity contribution >= 4 is 43.2 Å². The molecule has 0 radical (unpaired) electrons. The SMILES string of the molecule is COc1cc(NC(=O)COCC(=O)Nc2ccc(S(N)(=O)=O)c(OC)c2)ccc1S(N)(=O)=O. The second-order valence-corrected chi connectivity index (χ2v) is 9.47. The van der Waals surface area contributed by atoms with Gasteiger partial charge in [-0.3, -0.25) is 9.59 Å². The van der Waals surface area contributed by atoms with Gasteiger partial charge in [0.15, 0.2) is 0 Å². The number of carbonyl (C=O) groups is 2. The molecular weight excluding hydrogens is 480 g/mol. The molecule has 0 saturated carbocycles. The molecule has 0 atom stereocenters. The highest BCUT2D eigenvalue weighted by atomic mass is 32.2. The lowest BCUT2D eigenvalue weighted by Crippen LogP contribution is -2.24. The smallest absolute Gasteiger partial charge is 0.250 e. The number of benzene rings is 2. The van der Waals surface area contributed by atoms with Gasteiger partial charge in [0.25, 0.3) is 0 Å². The summed E-state index contributed by atoms with van der Waals surface area (Å²) < 4.78 is 60.9. The zero-order chi connectivity index (χ0) is 24.8. The van der Waals surface area contributed by atoms with E-state index < -0.39 is 45.1 Å². The number of primary sulfonamides is 2. The molecule has 0 spiro atoms. The third kappa shape index (κ3) is 7.40. The highest BCUT2D eigenvalue weighted by Crippen LogP contribution is 2.27. The maximum atomic E-state index is 12.0. The van der Waals surface area contributed by atoms with E-state index in [0.717, 1.165) is 0 Å². The molecular formula is C18H22N4O9S2. The lowest BCUT2D eigenvalue weighted by atomic mass is 10.3. The minimum absolute atomic E-state index is 0.0560. The molecule has 0 bridgehead atoms. The quantitative estimate of drug-likeness (QED) is 0.333. The molecule has 0 aromatic heterocycles. The van der Waals surface area contributed by atoms with Crippen molar-refractivity contribution in [3.8, 4) is 11.5 Å². The number of methoxy groups -OCH3 is 2. The van der Waals surface area contributed by atoms with Gasteiger partial charge in [0.05, 0.1) is 14.2 Å². The van der Waals surface area contributed by atoms with Crippen LogP contribution >= 0.6 is 0 Å². The van der Waals surface area contributed by atoms with Gasteiger partial charge in [-0.25, -0.2) is 27.1 Å². The number of hydrogen-bond donors (Lipinski definition) is 4. The molecule has 2 aromatic rings. The molecule has 0 saturated heterocycles. The Kier molecular flexibility index (Phi) is 8.34. The van der Waals surface area contributed by atoms with Gasteiger partial charge in [-0.2, -0.15) is 0 Å². The number of anilines is 2. The highest BCUT2D eigenvalue weighted by molar-refractivity contribution is 7.89. The van der Waals surface area contributed by atoms with Crippen molar-refractivity contribution in [3.05, 3.63) is 36.4 Å². The summed E-state index contributed by atoms with van der Waals surface area (Å²) in [5.74, 6) is -1.35. The number of carbonyl (C=O) groups excluding carboxylic acids is 2. The molecule has 33 heavy (non-hydrogen) atoms. The van der Waals surface area contributed by atoms with Crippen molar-refractivity contribution in [3.63, 3.8) is 0 Å². The number of nitrogens with two attached hydrogens (primary N) is 2. The molecule has 0 heterocycles. The number of nitrogens with one attached hydrogen (secondary N) is 2. The van der Waals surface area contributed by atoms with Gasteiger partial charge >= 0.3 is 0 Å². The largest absolute Gasteiger partial charge is 0.495 e. The molecule has 0 unspecified atom stereocenters. The summed E-state index contributed by atoms with van der Waals surface area (Å²) in [6.45, 7) is -0.972. The van der Waals surface area contributed by atoms with Gasteiger partial charge in [-0.05, 0) is 24.3 Å². The van der Waals surface area contributed by atoms with Crippen LogP contribution in [-0.4, -0.2) is 56.1 Å². The summed E-state index contributed by atoms with van der Waals surface area (Å²) >= 11 is 0. The normalized spacial score (nSPS) is 11.5. The van der Waals surface area contributed by atoms with Crippen molar-refractivity contribution in [2.75, 3.05) is 38.1 Å². The first-order valence-electron chi connectivity index (χ1n) is 8.94. The van der Waals surface area contributed by atoms with Crippen LogP contribution < -0.4 is 30.4 Å². The van der Waals surface area contributed by atoms with Crippen molar-refractivity contribution in [1.82, 2.24) is 0 Å². The lowest BCUT2D eigenvalue weighted by Gasteiger charge is -2.11. The molecule has 0 fully saturated rings. The molecule has 2 amide bonds. The van der Waals surface area contributed by atoms with Gasteiger partial charge < -0.3 is 24.8 Å². The topological polar surface area (TPSA) is 206 Å². The van der Waals surface area contributed by atoms with Gasteiger partial charge in [0, 0.05) is 23.5 Å². The van der Waals surface area contributed by atoms with E-state index in [2.05, 4.69) is 10.6 Å². The van der Waals surface area contributed by atoms with Crippen LogP contribution in [0.4, 0.5) is 11.4 Å². The molecule has 0 aliphatic heterocycles. The van der Waals surface area contributed by atoms with Crippen LogP contribution in [0.3, 0.4) is 0 Å². The predicted molar refractivity (Wildman–Crippen MR) is 117 cm³/mol. The predicted octanol–water partition coefficient (Wildman–Crippen LogP) is -0.408. The third-order valence-electron chi connectivity index (χ3n) is 3.97. The van der Waals surface area contributed by atoms with E-state index in [1.165, 1.54) is 50.6 Å². The van der Waals surface area contributed by atoms with Gasteiger partial charge in [0.1, 0.15) is 34.5 Å². The Morgan fingerprint density at radius 3 is 1.42 bits per heavy atom. The van der Waals surface area contributed by atoms with Crippen LogP contribution in [-0.2, 0) is 34.4 Å². The van der Waals surface area contributed by atoms with E-state index >= 15 is 0 Å². The minimum atomic E-state index is -4.01. The zero-order valence-corrected chi connectivity index (χ0v) is 19.2. The van der Waals surface area contributed by atoms with Gasteiger partial charge in [0.2, 0.25) is 31.9 Å². The molecule has 2 aromatic carbocycles. The van der Waals surface area contributed by atoms with Crippen LogP contribution in [0.1, 0.15) is 0 Å². The third-order valence-corrected chi connectivity index (χ3v) is 5.87. The molecule has 0 aliphatic carbocycles. The number of amides is 2. The highest BCUT2D eigenvalue weighted by Gasteiger charge is 2.17. The van der Waals surface area contributed by atoms with Crippen molar-refractivity contribution in [2.24, 2.45) is 10.3 Å². The van der Waals surface area contributed by atoms with E-state index in [0.29, 0.717) is 0 Å². The summed E-state index contributed by atoms with van der Waals surface area (Å²) in [5.41, 5.74) is 0.443. The Balaban J connectivity index is 1.90. The Labute approximate surface area is 190 Å². The van der Waals surface area contributed by atoms with E-state index in [9.17, 15) is 26.4 Å². The molecule has 0 aliphatic rings. The summed E-state index contributed by atoms with van der Waals surface area (Å²) in [5, 5.41) is 15.1. The average Bonchev–Trinajstić information content (AvgIpc) is 2.71. The summed E-state index contributed by atoms with van der Waals surface area (Å²) in [6.07, 6.45) is 0. The van der Waals surface area contributed by atoms with E-state index in [1.54, 1.807) is 0 Å².